The Bertz CT molecular complexity index is 529. The summed E-state index contributed by atoms with van der Waals surface area (Å²) < 4.78 is 27.0. The highest BCUT2D eigenvalue weighted by molar-refractivity contribution is 7.89. The Hall–Kier alpha value is -0.430. The van der Waals surface area contributed by atoms with E-state index < -0.39 is 10.0 Å². The Morgan fingerprint density at radius 3 is 2.61 bits per heavy atom. The van der Waals surface area contributed by atoms with Crippen LogP contribution in [0.25, 0.3) is 0 Å². The Kier molecular flexibility index (Phi) is 3.21. The lowest BCUT2D eigenvalue weighted by atomic mass is 10.4. The zero-order chi connectivity index (χ0) is 12.8. The summed E-state index contributed by atoms with van der Waals surface area (Å²) in [5.74, 6) is 0.552. The highest BCUT2D eigenvalue weighted by Gasteiger charge is 2.41. The van der Waals surface area contributed by atoms with Gasteiger partial charge in [0.05, 0.1) is 11.5 Å². The second kappa shape index (κ2) is 4.59. The van der Waals surface area contributed by atoms with Gasteiger partial charge in [0, 0.05) is 17.5 Å². The smallest absolute Gasteiger partial charge is 0.244 e. The van der Waals surface area contributed by atoms with Gasteiger partial charge in [-0.2, -0.15) is 4.31 Å². The number of aliphatic hydroxyl groups is 1. The van der Waals surface area contributed by atoms with Gasteiger partial charge < -0.3 is 5.11 Å². The van der Waals surface area contributed by atoms with Crippen LogP contribution in [0.2, 0.25) is 0 Å². The molecule has 1 aromatic heterocycles. The lowest BCUT2D eigenvalue weighted by Crippen LogP contribution is -2.35. The maximum Gasteiger partial charge on any atom is 0.244 e. The van der Waals surface area contributed by atoms with Crippen molar-refractivity contribution in [1.29, 1.82) is 0 Å². The first-order chi connectivity index (χ1) is 8.63. The van der Waals surface area contributed by atoms with E-state index in [0.29, 0.717) is 22.2 Å². The zero-order valence-electron chi connectivity index (χ0n) is 10.1. The van der Waals surface area contributed by atoms with Gasteiger partial charge in [0.1, 0.15) is 0 Å². The quantitative estimate of drug-likeness (QED) is 0.868. The van der Waals surface area contributed by atoms with Gasteiger partial charge in [0.25, 0.3) is 0 Å². The highest BCUT2D eigenvalue weighted by atomic mass is 32.2. The molecule has 18 heavy (non-hydrogen) atoms. The molecule has 0 unspecified atom stereocenters. The molecule has 4 nitrogen and oxygen atoms in total. The van der Waals surface area contributed by atoms with Crippen molar-refractivity contribution in [3.8, 4) is 0 Å². The molecule has 0 radical (unpaired) electrons. The predicted octanol–water partition coefficient (Wildman–Crippen LogP) is 1.80. The largest absolute Gasteiger partial charge is 0.391 e. The Morgan fingerprint density at radius 1 is 1.33 bits per heavy atom. The monoisotopic (exact) mass is 287 g/mol. The van der Waals surface area contributed by atoms with E-state index in [1.54, 1.807) is 15.8 Å². The Balaban J connectivity index is 1.90. The molecule has 0 aliphatic heterocycles. The second-order valence-corrected chi connectivity index (χ2v) is 7.98. The van der Waals surface area contributed by atoms with Gasteiger partial charge in [-0.05, 0) is 43.0 Å². The second-order valence-electron chi connectivity index (χ2n) is 5.12. The van der Waals surface area contributed by atoms with Crippen LogP contribution in [0.5, 0.6) is 0 Å². The number of hydrogen-bond acceptors (Lipinski definition) is 4. The van der Waals surface area contributed by atoms with Crippen LogP contribution in [-0.4, -0.2) is 30.4 Å². The Labute approximate surface area is 111 Å². The zero-order valence-corrected chi connectivity index (χ0v) is 11.7. The number of thiophene rings is 1. The van der Waals surface area contributed by atoms with Crippen molar-refractivity contribution in [3.05, 3.63) is 16.3 Å². The molecule has 0 amide bonds. The van der Waals surface area contributed by atoms with Gasteiger partial charge >= 0.3 is 0 Å². The van der Waals surface area contributed by atoms with Crippen LogP contribution in [0.15, 0.2) is 16.3 Å². The van der Waals surface area contributed by atoms with Crippen molar-refractivity contribution in [2.75, 3.05) is 6.54 Å². The molecule has 0 atom stereocenters. The summed E-state index contributed by atoms with van der Waals surface area (Å²) in [6.45, 7) is 0.460. The van der Waals surface area contributed by atoms with Crippen molar-refractivity contribution in [3.63, 3.8) is 0 Å². The molecule has 3 rings (SSSR count). The van der Waals surface area contributed by atoms with Crippen molar-refractivity contribution in [2.24, 2.45) is 5.92 Å². The van der Waals surface area contributed by atoms with Crippen molar-refractivity contribution in [1.82, 2.24) is 4.31 Å². The van der Waals surface area contributed by atoms with Gasteiger partial charge in [0.2, 0.25) is 10.0 Å². The molecule has 2 saturated carbocycles. The molecule has 1 N–H and O–H groups in total. The summed E-state index contributed by atoms with van der Waals surface area (Å²) in [5.41, 5.74) is 0. The van der Waals surface area contributed by atoms with Gasteiger partial charge in [0.15, 0.2) is 0 Å². The van der Waals surface area contributed by atoms with Crippen LogP contribution >= 0.6 is 11.3 Å². The average molecular weight is 287 g/mol. The minimum absolute atomic E-state index is 0.196. The molecular formula is C12H17NO3S2. The molecule has 1 aromatic rings. The van der Waals surface area contributed by atoms with E-state index >= 15 is 0 Å². The maximum absolute atomic E-state index is 12.6. The van der Waals surface area contributed by atoms with E-state index in [9.17, 15) is 13.5 Å². The van der Waals surface area contributed by atoms with E-state index in [1.807, 2.05) is 0 Å². The normalized spacial score (nSPS) is 20.6. The van der Waals surface area contributed by atoms with Crippen LogP contribution in [0.1, 0.15) is 30.6 Å². The molecule has 6 heteroatoms. The lowest BCUT2D eigenvalue weighted by molar-refractivity contribution is 0.282. The van der Waals surface area contributed by atoms with E-state index in [-0.39, 0.29) is 12.6 Å². The van der Waals surface area contributed by atoms with Crippen molar-refractivity contribution in [2.45, 2.75) is 43.2 Å². The number of aliphatic hydroxyl groups excluding tert-OH is 1. The fraction of sp³-hybridized carbons (Fsp3) is 0.667. The third kappa shape index (κ3) is 2.34. The minimum Gasteiger partial charge on any atom is -0.391 e. The van der Waals surface area contributed by atoms with Crippen LogP contribution in [0.4, 0.5) is 0 Å². The van der Waals surface area contributed by atoms with Crippen LogP contribution in [0.3, 0.4) is 0 Å². The first-order valence-electron chi connectivity index (χ1n) is 6.32. The molecule has 1 heterocycles. The van der Waals surface area contributed by atoms with Gasteiger partial charge in [-0.25, -0.2) is 8.42 Å². The Morgan fingerprint density at radius 2 is 2.06 bits per heavy atom. The molecule has 2 aliphatic carbocycles. The first kappa shape index (κ1) is 12.6. The molecule has 0 aromatic carbocycles. The summed E-state index contributed by atoms with van der Waals surface area (Å²) in [6.07, 6.45) is 4.25. The molecule has 0 saturated heterocycles. The third-order valence-electron chi connectivity index (χ3n) is 3.52. The summed E-state index contributed by atoms with van der Waals surface area (Å²) in [4.78, 5) is 0.860. The van der Waals surface area contributed by atoms with Crippen molar-refractivity contribution >= 4 is 21.4 Å². The summed E-state index contributed by atoms with van der Waals surface area (Å²) in [7, 11) is -3.41. The van der Waals surface area contributed by atoms with E-state index in [4.69, 9.17) is 0 Å². The van der Waals surface area contributed by atoms with E-state index in [1.165, 1.54) is 11.3 Å². The van der Waals surface area contributed by atoms with Crippen molar-refractivity contribution < 1.29 is 13.5 Å². The number of sulfonamides is 1. The molecule has 0 spiro atoms. The first-order valence-corrected chi connectivity index (χ1v) is 8.64. The van der Waals surface area contributed by atoms with E-state index in [0.717, 1.165) is 25.7 Å². The van der Waals surface area contributed by atoms with Crippen LogP contribution in [-0.2, 0) is 16.6 Å². The predicted molar refractivity (Wildman–Crippen MR) is 69.9 cm³/mol. The van der Waals surface area contributed by atoms with Gasteiger partial charge in [-0.15, -0.1) is 11.3 Å². The number of hydrogen-bond donors (Lipinski definition) is 1. The summed E-state index contributed by atoms with van der Waals surface area (Å²) >= 11 is 1.30. The SMILES string of the molecule is O=S(=O)(c1ccsc1CO)N(CC1CC1)C1CC1. The highest BCUT2D eigenvalue weighted by Crippen LogP contribution is 2.39. The number of nitrogens with zero attached hydrogens (tertiary/aromatic N) is 1. The fourth-order valence-corrected chi connectivity index (χ4v) is 5.19. The maximum atomic E-state index is 12.6. The van der Waals surface area contributed by atoms with E-state index in [2.05, 4.69) is 0 Å². The van der Waals surface area contributed by atoms with Crippen LogP contribution in [0, 0.1) is 5.92 Å². The molecule has 2 aliphatic rings. The standard InChI is InChI=1S/C12H17NO3S2/c14-8-11-12(5-6-17-11)18(15,16)13(10-3-4-10)7-9-1-2-9/h5-6,9-10,14H,1-4,7-8H2. The minimum atomic E-state index is -3.41. The third-order valence-corrected chi connectivity index (χ3v) is 6.56. The number of rotatable bonds is 6. The van der Waals surface area contributed by atoms with Crippen LogP contribution < -0.4 is 0 Å². The lowest BCUT2D eigenvalue weighted by Gasteiger charge is -2.21. The molecule has 0 bridgehead atoms. The molecule has 100 valence electrons. The average Bonchev–Trinajstić information content (AvgIpc) is 3.24. The molecule has 2 fully saturated rings. The summed E-state index contributed by atoms with van der Waals surface area (Å²) in [6, 6.07) is 1.82. The molecular weight excluding hydrogens is 270 g/mol. The fourth-order valence-electron chi connectivity index (χ4n) is 2.16. The topological polar surface area (TPSA) is 57.6 Å². The van der Waals surface area contributed by atoms with Gasteiger partial charge in [-0.3, -0.25) is 0 Å². The summed E-state index contributed by atoms with van der Waals surface area (Å²) in [5, 5.41) is 11.0. The van der Waals surface area contributed by atoms with Gasteiger partial charge in [-0.1, -0.05) is 0 Å².